The molecule has 0 fully saturated rings. The lowest BCUT2D eigenvalue weighted by molar-refractivity contribution is 0.0903. The molecule has 0 aromatic rings. The Morgan fingerprint density at radius 1 is 1.12 bits per heavy atom. The van der Waals surface area contributed by atoms with E-state index < -0.39 is 0 Å². The predicted octanol–water partition coefficient (Wildman–Crippen LogP) is 3.85. The molecule has 2 heteroatoms. The van der Waals surface area contributed by atoms with E-state index in [0.29, 0.717) is 12.0 Å². The van der Waals surface area contributed by atoms with Gasteiger partial charge in [0.05, 0.1) is 6.61 Å². The van der Waals surface area contributed by atoms with E-state index in [-0.39, 0.29) is 0 Å². The summed E-state index contributed by atoms with van der Waals surface area (Å²) < 4.78 is 5.80. The average Bonchev–Trinajstić information content (AvgIpc) is 2.31. The molecule has 0 spiro atoms. The summed E-state index contributed by atoms with van der Waals surface area (Å²) in [4.78, 5) is 0. The minimum absolute atomic E-state index is 0.527. The molecule has 2 atom stereocenters. The van der Waals surface area contributed by atoms with Crippen LogP contribution < -0.4 is 5.32 Å². The van der Waals surface area contributed by atoms with E-state index in [4.69, 9.17) is 4.74 Å². The van der Waals surface area contributed by atoms with E-state index in [1.54, 1.807) is 0 Å². The standard InChI is InChI=1S/C15H33NO/c1-6-10-16-15(14(5)7-2)12-17-11-8-9-13(3)4/h13-16H,6-12H2,1-5H3. The average molecular weight is 243 g/mol. The summed E-state index contributed by atoms with van der Waals surface area (Å²) in [6, 6.07) is 0.527. The van der Waals surface area contributed by atoms with E-state index in [1.807, 2.05) is 0 Å². The maximum Gasteiger partial charge on any atom is 0.0622 e. The lowest BCUT2D eigenvalue weighted by atomic mass is 10.00. The van der Waals surface area contributed by atoms with Crippen LogP contribution in [0.25, 0.3) is 0 Å². The van der Waals surface area contributed by atoms with Crippen LogP contribution in [0.2, 0.25) is 0 Å². The van der Waals surface area contributed by atoms with Gasteiger partial charge in [0.2, 0.25) is 0 Å². The van der Waals surface area contributed by atoms with Gasteiger partial charge in [0.25, 0.3) is 0 Å². The largest absolute Gasteiger partial charge is 0.380 e. The molecule has 17 heavy (non-hydrogen) atoms. The third kappa shape index (κ3) is 9.61. The van der Waals surface area contributed by atoms with Crippen molar-refractivity contribution in [1.82, 2.24) is 5.32 Å². The Labute approximate surface area is 109 Å². The summed E-state index contributed by atoms with van der Waals surface area (Å²) >= 11 is 0. The van der Waals surface area contributed by atoms with E-state index >= 15 is 0 Å². The number of rotatable bonds is 11. The fraction of sp³-hybridized carbons (Fsp3) is 1.00. The molecule has 0 aliphatic heterocycles. The molecular weight excluding hydrogens is 210 g/mol. The summed E-state index contributed by atoms with van der Waals surface area (Å²) in [6.45, 7) is 14.2. The Kier molecular flexibility index (Phi) is 11.0. The Balaban J connectivity index is 3.67. The van der Waals surface area contributed by atoms with Crippen molar-refractivity contribution in [2.75, 3.05) is 19.8 Å². The molecule has 0 rings (SSSR count). The summed E-state index contributed by atoms with van der Waals surface area (Å²) in [5.41, 5.74) is 0. The second kappa shape index (κ2) is 11.0. The molecule has 0 aromatic carbocycles. The minimum atomic E-state index is 0.527. The van der Waals surface area contributed by atoms with Gasteiger partial charge >= 0.3 is 0 Å². The number of hydrogen-bond donors (Lipinski definition) is 1. The van der Waals surface area contributed by atoms with Crippen molar-refractivity contribution in [3.63, 3.8) is 0 Å². The second-order valence-corrected chi connectivity index (χ2v) is 5.56. The van der Waals surface area contributed by atoms with Gasteiger partial charge in [0, 0.05) is 12.6 Å². The Bertz CT molecular complexity index is 159. The smallest absolute Gasteiger partial charge is 0.0622 e. The first-order valence-electron chi connectivity index (χ1n) is 7.42. The Morgan fingerprint density at radius 2 is 1.82 bits per heavy atom. The zero-order valence-electron chi connectivity index (χ0n) is 12.6. The lowest BCUT2D eigenvalue weighted by Crippen LogP contribution is -2.39. The van der Waals surface area contributed by atoms with E-state index in [0.717, 1.165) is 25.7 Å². The molecule has 0 saturated heterocycles. The van der Waals surface area contributed by atoms with Crippen LogP contribution >= 0.6 is 0 Å². The van der Waals surface area contributed by atoms with Gasteiger partial charge in [-0.25, -0.2) is 0 Å². The zero-order valence-corrected chi connectivity index (χ0v) is 12.6. The van der Waals surface area contributed by atoms with Crippen molar-refractivity contribution in [3.05, 3.63) is 0 Å². The molecule has 0 amide bonds. The quantitative estimate of drug-likeness (QED) is 0.556. The molecule has 0 radical (unpaired) electrons. The third-order valence-corrected chi connectivity index (χ3v) is 3.35. The molecule has 104 valence electrons. The van der Waals surface area contributed by atoms with Crippen molar-refractivity contribution < 1.29 is 4.74 Å². The SMILES string of the molecule is CCCNC(COCCCC(C)C)C(C)CC. The molecular formula is C15H33NO. The second-order valence-electron chi connectivity index (χ2n) is 5.56. The molecule has 0 bridgehead atoms. The number of ether oxygens (including phenoxy) is 1. The summed E-state index contributed by atoms with van der Waals surface area (Å²) in [6.07, 6.45) is 4.88. The molecule has 2 unspecified atom stereocenters. The first-order chi connectivity index (χ1) is 8.11. The number of hydrogen-bond acceptors (Lipinski definition) is 2. The van der Waals surface area contributed by atoms with Crippen LogP contribution in [0.1, 0.15) is 60.3 Å². The van der Waals surface area contributed by atoms with Crippen LogP contribution in [0.3, 0.4) is 0 Å². The van der Waals surface area contributed by atoms with Gasteiger partial charge < -0.3 is 10.1 Å². The highest BCUT2D eigenvalue weighted by Gasteiger charge is 2.14. The highest BCUT2D eigenvalue weighted by atomic mass is 16.5. The van der Waals surface area contributed by atoms with Crippen LogP contribution in [0.4, 0.5) is 0 Å². The van der Waals surface area contributed by atoms with E-state index in [1.165, 1.54) is 25.7 Å². The Hall–Kier alpha value is -0.0800. The monoisotopic (exact) mass is 243 g/mol. The van der Waals surface area contributed by atoms with Crippen LogP contribution in [-0.2, 0) is 4.74 Å². The van der Waals surface area contributed by atoms with Crippen molar-refractivity contribution in [2.24, 2.45) is 11.8 Å². The van der Waals surface area contributed by atoms with E-state index in [9.17, 15) is 0 Å². The van der Waals surface area contributed by atoms with Crippen LogP contribution in [0.15, 0.2) is 0 Å². The fourth-order valence-electron chi connectivity index (χ4n) is 1.84. The Morgan fingerprint density at radius 3 is 2.35 bits per heavy atom. The van der Waals surface area contributed by atoms with Gasteiger partial charge in [0.15, 0.2) is 0 Å². The molecule has 2 nitrogen and oxygen atoms in total. The van der Waals surface area contributed by atoms with Crippen molar-refractivity contribution in [2.45, 2.75) is 66.3 Å². The highest BCUT2D eigenvalue weighted by molar-refractivity contribution is 4.71. The first kappa shape index (κ1) is 16.9. The minimum Gasteiger partial charge on any atom is -0.380 e. The maximum atomic E-state index is 5.80. The molecule has 0 heterocycles. The van der Waals surface area contributed by atoms with Crippen molar-refractivity contribution >= 4 is 0 Å². The molecule has 0 aliphatic rings. The number of nitrogens with one attached hydrogen (secondary N) is 1. The van der Waals surface area contributed by atoms with Gasteiger partial charge in [-0.05, 0) is 37.6 Å². The zero-order chi connectivity index (χ0) is 13.1. The molecule has 0 aliphatic carbocycles. The van der Waals surface area contributed by atoms with Crippen LogP contribution in [0, 0.1) is 11.8 Å². The first-order valence-corrected chi connectivity index (χ1v) is 7.42. The van der Waals surface area contributed by atoms with Gasteiger partial charge in [-0.15, -0.1) is 0 Å². The van der Waals surface area contributed by atoms with Gasteiger partial charge in [0.1, 0.15) is 0 Å². The van der Waals surface area contributed by atoms with Gasteiger partial charge in [-0.1, -0.05) is 41.0 Å². The van der Waals surface area contributed by atoms with Gasteiger partial charge in [-0.2, -0.15) is 0 Å². The molecule has 0 aromatic heterocycles. The molecule has 0 saturated carbocycles. The maximum absolute atomic E-state index is 5.80. The van der Waals surface area contributed by atoms with Gasteiger partial charge in [-0.3, -0.25) is 0 Å². The summed E-state index contributed by atoms with van der Waals surface area (Å²) in [5.74, 6) is 1.49. The highest BCUT2D eigenvalue weighted by Crippen LogP contribution is 2.09. The van der Waals surface area contributed by atoms with Crippen molar-refractivity contribution in [3.8, 4) is 0 Å². The summed E-state index contributed by atoms with van der Waals surface area (Å²) in [7, 11) is 0. The normalized spacial score (nSPS) is 15.2. The molecule has 1 N–H and O–H groups in total. The predicted molar refractivity (Wildman–Crippen MR) is 76.4 cm³/mol. The lowest BCUT2D eigenvalue weighted by Gasteiger charge is -2.24. The van der Waals surface area contributed by atoms with Crippen molar-refractivity contribution in [1.29, 1.82) is 0 Å². The third-order valence-electron chi connectivity index (χ3n) is 3.35. The summed E-state index contributed by atoms with van der Waals surface area (Å²) in [5, 5.41) is 3.59. The van der Waals surface area contributed by atoms with Crippen LogP contribution in [-0.4, -0.2) is 25.8 Å². The fourth-order valence-corrected chi connectivity index (χ4v) is 1.84. The van der Waals surface area contributed by atoms with Crippen LogP contribution in [0.5, 0.6) is 0 Å². The topological polar surface area (TPSA) is 21.3 Å². The van der Waals surface area contributed by atoms with E-state index in [2.05, 4.69) is 39.9 Å².